The highest BCUT2D eigenvalue weighted by Crippen LogP contribution is 2.40. The summed E-state index contributed by atoms with van der Waals surface area (Å²) < 4.78 is 33.0. The lowest BCUT2D eigenvalue weighted by Gasteiger charge is -2.21. The second kappa shape index (κ2) is 5.67. The van der Waals surface area contributed by atoms with Crippen molar-refractivity contribution in [2.75, 3.05) is 6.54 Å². The maximum absolute atomic E-state index is 13.1. The highest BCUT2D eigenvalue weighted by atomic mass is 32.2. The van der Waals surface area contributed by atoms with Gasteiger partial charge in [-0.3, -0.25) is 0 Å². The van der Waals surface area contributed by atoms with Gasteiger partial charge in [0.25, 0.3) is 0 Å². The van der Waals surface area contributed by atoms with Crippen LogP contribution in [0.15, 0.2) is 27.6 Å². The first-order valence-corrected chi connectivity index (χ1v) is 9.83. The van der Waals surface area contributed by atoms with Crippen LogP contribution >= 0.6 is 0 Å². The topological polar surface area (TPSA) is 76.3 Å². The normalized spacial score (nSPS) is 22.2. The predicted octanol–water partition coefficient (Wildman–Crippen LogP) is 3.09. The summed E-state index contributed by atoms with van der Waals surface area (Å²) in [6.45, 7) is 4.39. The molecule has 2 fully saturated rings. The van der Waals surface area contributed by atoms with Gasteiger partial charge in [-0.25, -0.2) is 8.42 Å². The fraction of sp³-hybridized carbons (Fsp3) is 0.529. The van der Waals surface area contributed by atoms with E-state index in [1.807, 2.05) is 19.9 Å². The number of benzene rings is 1. The first-order valence-electron chi connectivity index (χ1n) is 8.39. The van der Waals surface area contributed by atoms with Crippen LogP contribution in [0.4, 0.5) is 0 Å². The van der Waals surface area contributed by atoms with E-state index in [0.717, 1.165) is 42.6 Å². The summed E-state index contributed by atoms with van der Waals surface area (Å²) in [6.07, 6.45) is 3.70. The van der Waals surface area contributed by atoms with E-state index in [1.54, 1.807) is 12.1 Å². The summed E-state index contributed by atoms with van der Waals surface area (Å²) in [5, 5.41) is 4.03. The molecule has 2 aliphatic rings. The van der Waals surface area contributed by atoms with Crippen LogP contribution < -0.4 is 0 Å². The van der Waals surface area contributed by atoms with Gasteiger partial charge in [-0.1, -0.05) is 11.2 Å². The van der Waals surface area contributed by atoms with Gasteiger partial charge in [0.2, 0.25) is 15.9 Å². The zero-order valence-electron chi connectivity index (χ0n) is 13.9. The van der Waals surface area contributed by atoms with E-state index in [2.05, 4.69) is 10.1 Å². The van der Waals surface area contributed by atoms with Crippen molar-refractivity contribution in [3.05, 3.63) is 41.0 Å². The first-order chi connectivity index (χ1) is 11.5. The summed E-state index contributed by atoms with van der Waals surface area (Å²) in [5.74, 6) is 1.55. The Morgan fingerprint density at radius 1 is 1.17 bits per heavy atom. The smallest absolute Gasteiger partial charge is 0.245 e. The summed E-state index contributed by atoms with van der Waals surface area (Å²) in [4.78, 5) is 4.79. The number of aryl methyl sites for hydroxylation is 2. The van der Waals surface area contributed by atoms with E-state index in [9.17, 15) is 8.42 Å². The number of sulfonamides is 1. The molecular formula is C17H21N3O3S. The van der Waals surface area contributed by atoms with Crippen LogP contribution in [0.1, 0.15) is 60.5 Å². The van der Waals surface area contributed by atoms with Crippen LogP contribution in [0.3, 0.4) is 0 Å². The quantitative estimate of drug-likeness (QED) is 0.849. The van der Waals surface area contributed by atoms with Gasteiger partial charge in [0.1, 0.15) is 6.04 Å². The van der Waals surface area contributed by atoms with Gasteiger partial charge < -0.3 is 4.52 Å². The van der Waals surface area contributed by atoms with Gasteiger partial charge in [-0.15, -0.1) is 0 Å². The van der Waals surface area contributed by atoms with Crippen molar-refractivity contribution < 1.29 is 12.9 Å². The van der Waals surface area contributed by atoms with Crippen LogP contribution in [0.25, 0.3) is 0 Å². The minimum Gasteiger partial charge on any atom is -0.338 e. The molecule has 1 aliphatic carbocycles. The summed E-state index contributed by atoms with van der Waals surface area (Å²) in [7, 11) is -3.57. The largest absolute Gasteiger partial charge is 0.338 e. The van der Waals surface area contributed by atoms with Crippen LogP contribution in [0.5, 0.6) is 0 Å². The number of aromatic nitrogens is 2. The summed E-state index contributed by atoms with van der Waals surface area (Å²) in [5.41, 5.74) is 2.05. The van der Waals surface area contributed by atoms with Gasteiger partial charge in [-0.05, 0) is 62.8 Å². The lowest BCUT2D eigenvalue weighted by atomic mass is 10.1. The van der Waals surface area contributed by atoms with Gasteiger partial charge in [-0.2, -0.15) is 9.29 Å². The number of hydrogen-bond acceptors (Lipinski definition) is 5. The third-order valence-electron chi connectivity index (χ3n) is 4.97. The predicted molar refractivity (Wildman–Crippen MR) is 88.1 cm³/mol. The molecule has 4 rings (SSSR count). The third kappa shape index (κ3) is 2.65. The average molecular weight is 347 g/mol. The zero-order valence-corrected chi connectivity index (χ0v) is 14.7. The molecule has 6 nitrogen and oxygen atoms in total. The SMILES string of the molecule is Cc1ccc(S(=O)(=O)N2CCCC2c2nc(C3CC3)no2)cc1C. The lowest BCUT2D eigenvalue weighted by molar-refractivity contribution is 0.289. The fourth-order valence-corrected chi connectivity index (χ4v) is 4.91. The second-order valence-electron chi connectivity index (χ2n) is 6.78. The van der Waals surface area contributed by atoms with Crippen molar-refractivity contribution in [3.63, 3.8) is 0 Å². The molecule has 0 amide bonds. The Hall–Kier alpha value is -1.73. The molecule has 1 saturated carbocycles. The van der Waals surface area contributed by atoms with Crippen LogP contribution in [0, 0.1) is 13.8 Å². The van der Waals surface area contributed by atoms with Crippen molar-refractivity contribution in [3.8, 4) is 0 Å². The van der Waals surface area contributed by atoms with Crippen LogP contribution in [0.2, 0.25) is 0 Å². The number of nitrogens with zero attached hydrogens (tertiary/aromatic N) is 3. The molecular weight excluding hydrogens is 326 g/mol. The Labute approximate surface area is 141 Å². The maximum atomic E-state index is 13.1. The number of rotatable bonds is 4. The minimum atomic E-state index is -3.57. The molecule has 1 aromatic carbocycles. The van der Waals surface area contributed by atoms with Gasteiger partial charge in [0.15, 0.2) is 5.82 Å². The van der Waals surface area contributed by atoms with E-state index in [0.29, 0.717) is 23.2 Å². The Morgan fingerprint density at radius 2 is 1.96 bits per heavy atom. The highest BCUT2D eigenvalue weighted by Gasteiger charge is 2.40. The Morgan fingerprint density at radius 3 is 2.67 bits per heavy atom. The minimum absolute atomic E-state index is 0.333. The molecule has 1 aromatic heterocycles. The highest BCUT2D eigenvalue weighted by molar-refractivity contribution is 7.89. The van der Waals surface area contributed by atoms with E-state index in [-0.39, 0.29) is 6.04 Å². The molecule has 2 heterocycles. The standard InChI is InChI=1S/C17H21N3O3S/c1-11-5-8-14(10-12(11)2)24(21,22)20-9-3-4-15(20)17-18-16(19-23-17)13-6-7-13/h5,8,10,13,15H,3-4,6-7,9H2,1-2H3. The van der Waals surface area contributed by atoms with Crippen molar-refractivity contribution >= 4 is 10.0 Å². The molecule has 1 atom stereocenters. The van der Waals surface area contributed by atoms with Gasteiger partial charge in [0, 0.05) is 12.5 Å². The van der Waals surface area contributed by atoms with Crippen LogP contribution in [-0.2, 0) is 10.0 Å². The average Bonchev–Trinajstić information content (AvgIpc) is 3.09. The van der Waals surface area contributed by atoms with Crippen LogP contribution in [-0.4, -0.2) is 29.4 Å². The van der Waals surface area contributed by atoms with E-state index < -0.39 is 10.0 Å². The van der Waals surface area contributed by atoms with E-state index >= 15 is 0 Å². The molecule has 128 valence electrons. The Bertz CT molecular complexity index is 871. The van der Waals surface area contributed by atoms with Crippen molar-refractivity contribution in [2.24, 2.45) is 0 Å². The monoisotopic (exact) mass is 347 g/mol. The van der Waals surface area contributed by atoms with Crippen molar-refractivity contribution in [2.45, 2.75) is 56.4 Å². The van der Waals surface area contributed by atoms with Crippen molar-refractivity contribution in [1.29, 1.82) is 0 Å². The maximum Gasteiger partial charge on any atom is 0.245 e. The second-order valence-corrected chi connectivity index (χ2v) is 8.68. The van der Waals surface area contributed by atoms with Gasteiger partial charge >= 0.3 is 0 Å². The fourth-order valence-electron chi connectivity index (χ4n) is 3.17. The molecule has 0 radical (unpaired) electrons. The molecule has 0 N–H and O–H groups in total. The molecule has 0 bridgehead atoms. The summed E-state index contributed by atoms with van der Waals surface area (Å²) >= 11 is 0. The Balaban J connectivity index is 1.66. The molecule has 1 aliphatic heterocycles. The molecule has 7 heteroatoms. The lowest BCUT2D eigenvalue weighted by Crippen LogP contribution is -2.31. The molecule has 0 spiro atoms. The third-order valence-corrected chi connectivity index (χ3v) is 6.88. The zero-order chi connectivity index (χ0) is 16.9. The first kappa shape index (κ1) is 15.8. The van der Waals surface area contributed by atoms with Gasteiger partial charge in [0.05, 0.1) is 4.90 Å². The molecule has 2 aromatic rings. The van der Waals surface area contributed by atoms with E-state index in [1.165, 1.54) is 4.31 Å². The summed E-state index contributed by atoms with van der Waals surface area (Å²) in [6, 6.07) is 4.92. The Kier molecular flexibility index (Phi) is 3.73. The molecule has 1 saturated heterocycles. The van der Waals surface area contributed by atoms with Crippen molar-refractivity contribution in [1.82, 2.24) is 14.4 Å². The number of hydrogen-bond donors (Lipinski definition) is 0. The van der Waals surface area contributed by atoms with E-state index in [4.69, 9.17) is 4.52 Å². The molecule has 1 unspecified atom stereocenters. The molecule has 24 heavy (non-hydrogen) atoms.